The fourth-order valence-electron chi connectivity index (χ4n) is 3.37. The van der Waals surface area contributed by atoms with Crippen LogP contribution in [0.3, 0.4) is 0 Å². The number of fused-ring (bicyclic) bond motifs is 1. The van der Waals surface area contributed by atoms with Gasteiger partial charge in [0.05, 0.1) is 26.2 Å². The van der Waals surface area contributed by atoms with Crippen LogP contribution in [0, 0.1) is 0 Å². The third kappa shape index (κ3) is 4.12. The predicted molar refractivity (Wildman–Crippen MR) is 133 cm³/mol. The van der Waals surface area contributed by atoms with E-state index in [-0.39, 0.29) is 5.91 Å². The van der Waals surface area contributed by atoms with E-state index in [1.807, 2.05) is 42.5 Å². The molecule has 5 rings (SSSR count). The Morgan fingerprint density at radius 1 is 0.938 bits per heavy atom. The minimum absolute atomic E-state index is 0.318. The highest BCUT2D eigenvalue weighted by Gasteiger charge is 2.23. The summed E-state index contributed by atoms with van der Waals surface area (Å²) >= 11 is 13.7. The third-order valence-corrected chi connectivity index (χ3v) is 6.40. The Morgan fingerprint density at radius 3 is 2.50 bits per heavy atom. The largest absolute Gasteiger partial charge is 0.332 e. The molecule has 0 bridgehead atoms. The number of rotatable bonds is 3. The highest BCUT2D eigenvalue weighted by atomic mass is 35.5. The van der Waals surface area contributed by atoms with Crippen molar-refractivity contribution < 1.29 is 4.79 Å². The number of amidine groups is 1. The number of benzene rings is 2. The molecule has 1 N–H and O–H groups in total. The first-order valence-electron chi connectivity index (χ1n) is 9.61. The van der Waals surface area contributed by atoms with E-state index >= 15 is 0 Å². The second-order valence-corrected chi connectivity index (χ2v) is 8.77. The number of aromatic nitrogens is 2. The molecular formula is C24H14Cl2N4OS. The van der Waals surface area contributed by atoms with E-state index in [0.29, 0.717) is 25.8 Å². The monoisotopic (exact) mass is 476 g/mol. The Kier molecular flexibility index (Phi) is 5.66. The van der Waals surface area contributed by atoms with Gasteiger partial charge < -0.3 is 5.32 Å². The summed E-state index contributed by atoms with van der Waals surface area (Å²) in [6, 6.07) is 17.0. The van der Waals surface area contributed by atoms with Gasteiger partial charge in [-0.15, -0.1) is 0 Å². The van der Waals surface area contributed by atoms with Crippen molar-refractivity contribution in [2.45, 2.75) is 0 Å². The summed E-state index contributed by atoms with van der Waals surface area (Å²) in [6.07, 6.45) is 7.14. The molecule has 0 saturated heterocycles. The summed E-state index contributed by atoms with van der Waals surface area (Å²) in [4.78, 5) is 25.7. The first kappa shape index (κ1) is 20.7. The molecule has 1 aliphatic heterocycles. The van der Waals surface area contributed by atoms with Crippen molar-refractivity contribution in [1.82, 2.24) is 9.97 Å². The van der Waals surface area contributed by atoms with Gasteiger partial charge >= 0.3 is 0 Å². The molecule has 0 radical (unpaired) electrons. The number of anilines is 1. The number of pyridine rings is 2. The van der Waals surface area contributed by atoms with E-state index in [4.69, 9.17) is 23.2 Å². The van der Waals surface area contributed by atoms with Gasteiger partial charge in [-0.3, -0.25) is 14.8 Å². The summed E-state index contributed by atoms with van der Waals surface area (Å²) in [7, 11) is 0. The van der Waals surface area contributed by atoms with Crippen LogP contribution in [0.25, 0.3) is 28.1 Å². The highest BCUT2D eigenvalue weighted by Crippen LogP contribution is 2.35. The van der Waals surface area contributed by atoms with Gasteiger partial charge in [0, 0.05) is 24.0 Å². The second-order valence-electron chi connectivity index (χ2n) is 6.93. The minimum atomic E-state index is -0.318. The number of aliphatic imine (C=N–C) groups is 1. The van der Waals surface area contributed by atoms with Crippen LogP contribution >= 0.6 is 35.0 Å². The van der Waals surface area contributed by atoms with Crippen LogP contribution in [-0.2, 0) is 4.79 Å². The van der Waals surface area contributed by atoms with Crippen LogP contribution in [0.1, 0.15) is 5.56 Å². The number of halogens is 2. The van der Waals surface area contributed by atoms with Crippen LogP contribution in [0.5, 0.6) is 0 Å². The smallest absolute Gasteiger partial charge is 0.286 e. The molecule has 0 spiro atoms. The number of carbonyl (C=O) groups is 1. The Balaban J connectivity index is 1.45. The molecule has 32 heavy (non-hydrogen) atoms. The lowest BCUT2D eigenvalue weighted by Crippen LogP contribution is -2.05. The van der Waals surface area contributed by atoms with Crippen molar-refractivity contribution in [2.24, 2.45) is 4.99 Å². The Morgan fingerprint density at radius 2 is 1.72 bits per heavy atom. The lowest BCUT2D eigenvalue weighted by atomic mass is 10.0. The number of hydrogen-bond donors (Lipinski definition) is 1. The maximum absolute atomic E-state index is 12.5. The van der Waals surface area contributed by atoms with Crippen molar-refractivity contribution in [3.05, 3.63) is 93.7 Å². The van der Waals surface area contributed by atoms with Crippen LogP contribution in [0.2, 0.25) is 10.0 Å². The van der Waals surface area contributed by atoms with Crippen molar-refractivity contribution in [1.29, 1.82) is 0 Å². The molecule has 0 unspecified atom stereocenters. The maximum Gasteiger partial charge on any atom is 0.286 e. The van der Waals surface area contributed by atoms with Gasteiger partial charge in [0.1, 0.15) is 0 Å². The minimum Gasteiger partial charge on any atom is -0.332 e. The van der Waals surface area contributed by atoms with Crippen molar-refractivity contribution in [2.75, 3.05) is 5.32 Å². The number of hydrogen-bond acceptors (Lipinski definition) is 5. The standard InChI is InChI=1S/C24H14Cl2N4OS/c25-18-2-1-3-19(26)22(18)29-24-30-23(31)21(32-24)13-14-4-5-20-17(12-14)16(8-11-28-20)15-6-9-27-10-7-15/h1-13H,(H,29,30,31)/b21-13-. The number of amides is 1. The number of nitrogens with zero attached hydrogens (tertiary/aromatic N) is 3. The summed E-state index contributed by atoms with van der Waals surface area (Å²) < 4.78 is 0. The van der Waals surface area contributed by atoms with Crippen molar-refractivity contribution in [3.63, 3.8) is 0 Å². The maximum atomic E-state index is 12.5. The molecule has 1 amide bonds. The highest BCUT2D eigenvalue weighted by molar-refractivity contribution is 8.18. The molecule has 2 aromatic heterocycles. The Bertz CT molecular complexity index is 1400. The number of nitrogens with one attached hydrogen (secondary N) is 1. The van der Waals surface area contributed by atoms with Crippen molar-refractivity contribution >= 4 is 68.7 Å². The zero-order valence-corrected chi connectivity index (χ0v) is 18.7. The molecule has 4 aromatic rings. The molecule has 156 valence electrons. The van der Waals surface area contributed by atoms with Crippen LogP contribution in [0.4, 0.5) is 5.69 Å². The third-order valence-electron chi connectivity index (χ3n) is 4.87. The average Bonchev–Trinajstić information content (AvgIpc) is 3.15. The normalized spacial score (nSPS) is 14.8. The quantitative estimate of drug-likeness (QED) is 0.333. The summed E-state index contributed by atoms with van der Waals surface area (Å²) in [5.74, 6) is -0.318. The lowest BCUT2D eigenvalue weighted by molar-refractivity contribution is -0.113. The molecule has 3 heterocycles. The first-order chi connectivity index (χ1) is 15.6. The molecule has 5 nitrogen and oxygen atoms in total. The molecule has 8 heteroatoms. The molecule has 2 aromatic carbocycles. The van der Waals surface area contributed by atoms with Gasteiger partial charge in [0.2, 0.25) is 0 Å². The summed E-state index contributed by atoms with van der Waals surface area (Å²) in [5, 5.41) is 5.38. The Labute approximate surface area is 198 Å². The lowest BCUT2D eigenvalue weighted by Gasteiger charge is -2.09. The van der Waals surface area contributed by atoms with E-state index in [2.05, 4.69) is 20.3 Å². The predicted octanol–water partition coefficient (Wildman–Crippen LogP) is 6.69. The zero-order valence-electron chi connectivity index (χ0n) is 16.4. The number of carbonyl (C=O) groups excluding carboxylic acids is 1. The zero-order chi connectivity index (χ0) is 22.1. The molecule has 1 aliphatic rings. The number of para-hydroxylation sites is 1. The van der Waals surface area contributed by atoms with Gasteiger partial charge in [-0.1, -0.05) is 35.3 Å². The van der Waals surface area contributed by atoms with Crippen molar-refractivity contribution in [3.8, 4) is 11.1 Å². The van der Waals surface area contributed by atoms with Gasteiger partial charge in [-0.2, -0.15) is 4.99 Å². The van der Waals surface area contributed by atoms with E-state index in [1.165, 1.54) is 11.8 Å². The molecule has 0 saturated carbocycles. The average molecular weight is 477 g/mol. The fraction of sp³-hybridized carbons (Fsp3) is 0. The summed E-state index contributed by atoms with van der Waals surface area (Å²) in [5.41, 5.74) is 4.38. The second kappa shape index (κ2) is 8.74. The van der Waals surface area contributed by atoms with E-state index in [0.717, 1.165) is 27.6 Å². The first-order valence-corrected chi connectivity index (χ1v) is 11.2. The van der Waals surface area contributed by atoms with E-state index < -0.39 is 0 Å². The molecule has 0 atom stereocenters. The molecular weight excluding hydrogens is 463 g/mol. The van der Waals surface area contributed by atoms with Gasteiger partial charge in [-0.05, 0) is 77.0 Å². The van der Waals surface area contributed by atoms with Crippen LogP contribution < -0.4 is 5.32 Å². The van der Waals surface area contributed by atoms with Gasteiger partial charge in [-0.25, -0.2) is 0 Å². The molecule has 0 aliphatic carbocycles. The van der Waals surface area contributed by atoms with Crippen LogP contribution in [-0.4, -0.2) is 21.0 Å². The fourth-order valence-corrected chi connectivity index (χ4v) is 4.68. The van der Waals surface area contributed by atoms with Gasteiger partial charge in [0.15, 0.2) is 5.17 Å². The van der Waals surface area contributed by atoms with E-state index in [1.54, 1.807) is 36.8 Å². The molecule has 0 fully saturated rings. The Hall–Kier alpha value is -3.19. The summed E-state index contributed by atoms with van der Waals surface area (Å²) in [6.45, 7) is 0. The SMILES string of the molecule is O=C1N=C(Nc2c(Cl)cccc2Cl)S/C1=C\c1ccc2nccc(-c3ccncc3)c2c1. The van der Waals surface area contributed by atoms with Gasteiger partial charge in [0.25, 0.3) is 5.91 Å². The van der Waals surface area contributed by atoms with Crippen LogP contribution in [0.15, 0.2) is 83.1 Å². The number of thioether (sulfide) groups is 1. The topological polar surface area (TPSA) is 67.2 Å². The van der Waals surface area contributed by atoms with E-state index in [9.17, 15) is 4.79 Å².